The van der Waals surface area contributed by atoms with E-state index in [4.69, 9.17) is 0 Å². The predicted molar refractivity (Wildman–Crippen MR) is 103 cm³/mol. The lowest BCUT2D eigenvalue weighted by atomic mass is 9.88. The molecule has 0 saturated heterocycles. The van der Waals surface area contributed by atoms with Gasteiger partial charge in [-0.3, -0.25) is 19.3 Å². The summed E-state index contributed by atoms with van der Waals surface area (Å²) < 4.78 is 3.85. The lowest BCUT2D eigenvalue weighted by Crippen LogP contribution is -2.26. The fourth-order valence-electron chi connectivity index (χ4n) is 3.31. The number of rotatable bonds is 4. The number of nitrogens with zero attached hydrogens (tertiary/aromatic N) is 6. The van der Waals surface area contributed by atoms with E-state index in [-0.39, 0.29) is 5.41 Å². The van der Waals surface area contributed by atoms with Crippen molar-refractivity contribution >= 4 is 21.8 Å². The van der Waals surface area contributed by atoms with Crippen LogP contribution in [-0.2, 0) is 19.0 Å². The molecule has 4 rings (SSSR count). The van der Waals surface area contributed by atoms with E-state index in [1.165, 1.54) is 0 Å². The summed E-state index contributed by atoms with van der Waals surface area (Å²) in [5.74, 6) is 0.412. The molecule has 0 N–H and O–H groups in total. The summed E-state index contributed by atoms with van der Waals surface area (Å²) in [6.07, 6.45) is 7.74. The van der Waals surface area contributed by atoms with Gasteiger partial charge in [-0.25, -0.2) is 0 Å². The van der Waals surface area contributed by atoms with E-state index in [0.717, 1.165) is 39.7 Å². The van der Waals surface area contributed by atoms with Gasteiger partial charge in [0.15, 0.2) is 0 Å². The molecule has 0 atom stereocenters. The number of aromatic nitrogens is 6. The molecule has 0 aliphatic carbocycles. The summed E-state index contributed by atoms with van der Waals surface area (Å²) in [7, 11) is 1.93. The van der Waals surface area contributed by atoms with E-state index in [2.05, 4.69) is 60.0 Å². The second-order valence-electron chi connectivity index (χ2n) is 7.94. The second kappa shape index (κ2) is 5.90. The summed E-state index contributed by atoms with van der Waals surface area (Å²) in [4.78, 5) is 9.26. The Morgan fingerprint density at radius 2 is 1.85 bits per heavy atom. The number of hydrogen-bond donors (Lipinski definition) is 0. The molecule has 0 aliphatic rings. The van der Waals surface area contributed by atoms with Gasteiger partial charge in [-0.15, -0.1) is 0 Å². The average Bonchev–Trinajstić information content (AvgIpc) is 3.15. The smallest absolute Gasteiger partial charge is 0.111 e. The van der Waals surface area contributed by atoms with E-state index in [0.29, 0.717) is 5.92 Å². The van der Waals surface area contributed by atoms with Gasteiger partial charge in [0.25, 0.3) is 0 Å². The fourth-order valence-corrected chi connectivity index (χ4v) is 3.31. The highest BCUT2D eigenvalue weighted by molar-refractivity contribution is 5.78. The zero-order valence-corrected chi connectivity index (χ0v) is 15.9. The topological polar surface area (TPSA) is 61.4 Å². The Morgan fingerprint density at radius 1 is 1.04 bits per heavy atom. The van der Waals surface area contributed by atoms with Gasteiger partial charge in [0, 0.05) is 40.8 Å². The Balaban J connectivity index is 1.69. The standard InChI is InChI=1S/C20H24N6/c1-13(2)16-6-14-8-23-26(18(14)10-21-16)12-20(3,4)19-7-15-11-25(5)24-17(15)9-22-19/h6-11,13H,12H2,1-5H3. The predicted octanol–water partition coefficient (Wildman–Crippen LogP) is 3.81. The van der Waals surface area contributed by atoms with Crippen LogP contribution in [0.1, 0.15) is 45.0 Å². The highest BCUT2D eigenvalue weighted by Crippen LogP contribution is 2.28. The third kappa shape index (κ3) is 2.85. The van der Waals surface area contributed by atoms with Gasteiger partial charge in [0.05, 0.1) is 30.7 Å². The Hall–Kier alpha value is -2.76. The Bertz CT molecular complexity index is 1090. The van der Waals surface area contributed by atoms with Crippen molar-refractivity contribution < 1.29 is 0 Å². The maximum absolute atomic E-state index is 4.66. The first-order valence-corrected chi connectivity index (χ1v) is 8.95. The number of hydrogen-bond acceptors (Lipinski definition) is 4. The minimum atomic E-state index is -0.167. The van der Waals surface area contributed by atoms with Crippen LogP contribution in [0.4, 0.5) is 0 Å². The van der Waals surface area contributed by atoms with Crippen LogP contribution in [0.25, 0.3) is 21.8 Å². The third-order valence-electron chi connectivity index (χ3n) is 4.88. The molecule has 0 spiro atoms. The summed E-state index contributed by atoms with van der Waals surface area (Å²) in [6.45, 7) is 9.43. The Labute approximate surface area is 152 Å². The van der Waals surface area contributed by atoms with Crippen LogP contribution in [0.2, 0.25) is 0 Å². The van der Waals surface area contributed by atoms with E-state index < -0.39 is 0 Å². The minimum Gasteiger partial charge on any atom is -0.275 e. The molecule has 0 unspecified atom stereocenters. The quantitative estimate of drug-likeness (QED) is 0.562. The maximum atomic E-state index is 4.66. The highest BCUT2D eigenvalue weighted by Gasteiger charge is 2.25. The Kier molecular flexibility index (Phi) is 3.79. The van der Waals surface area contributed by atoms with Crippen molar-refractivity contribution in [2.45, 2.75) is 45.6 Å². The molecule has 0 bridgehead atoms. The first-order valence-electron chi connectivity index (χ1n) is 8.95. The van der Waals surface area contributed by atoms with Crippen molar-refractivity contribution in [2.75, 3.05) is 0 Å². The second-order valence-corrected chi connectivity index (χ2v) is 7.94. The zero-order chi connectivity index (χ0) is 18.5. The Morgan fingerprint density at radius 3 is 2.62 bits per heavy atom. The lowest BCUT2D eigenvalue weighted by molar-refractivity contribution is 0.407. The summed E-state index contributed by atoms with van der Waals surface area (Å²) in [5.41, 5.74) is 3.94. The van der Waals surface area contributed by atoms with Crippen molar-refractivity contribution in [3.05, 3.63) is 48.3 Å². The normalized spacial score (nSPS) is 12.5. The molecule has 0 fully saturated rings. The number of fused-ring (bicyclic) bond motifs is 2. The van der Waals surface area contributed by atoms with E-state index in [9.17, 15) is 0 Å². The molecule has 6 heteroatoms. The molecule has 0 radical (unpaired) electrons. The minimum absolute atomic E-state index is 0.167. The molecule has 4 aromatic rings. The molecule has 6 nitrogen and oxygen atoms in total. The molecule has 0 amide bonds. The van der Waals surface area contributed by atoms with Crippen LogP contribution in [0.15, 0.2) is 36.9 Å². The summed E-state index contributed by atoms with van der Waals surface area (Å²) >= 11 is 0. The highest BCUT2D eigenvalue weighted by atomic mass is 15.3. The van der Waals surface area contributed by atoms with Gasteiger partial charge in [-0.2, -0.15) is 10.2 Å². The largest absolute Gasteiger partial charge is 0.275 e. The molecular weight excluding hydrogens is 324 g/mol. The van der Waals surface area contributed by atoms with Crippen LogP contribution in [0.3, 0.4) is 0 Å². The van der Waals surface area contributed by atoms with Crippen molar-refractivity contribution in [2.24, 2.45) is 7.05 Å². The van der Waals surface area contributed by atoms with E-state index in [1.54, 1.807) is 0 Å². The molecule has 0 saturated carbocycles. The summed E-state index contributed by atoms with van der Waals surface area (Å²) in [5, 5.41) is 11.3. The molecule has 4 aromatic heterocycles. The first-order chi connectivity index (χ1) is 12.3. The molecule has 4 heterocycles. The van der Waals surface area contributed by atoms with Gasteiger partial charge in [0.2, 0.25) is 0 Å². The van der Waals surface area contributed by atoms with Gasteiger partial charge in [-0.05, 0) is 18.1 Å². The fraction of sp³-hybridized carbons (Fsp3) is 0.400. The van der Waals surface area contributed by atoms with Crippen molar-refractivity contribution in [3.8, 4) is 0 Å². The van der Waals surface area contributed by atoms with Crippen LogP contribution < -0.4 is 0 Å². The van der Waals surface area contributed by atoms with Crippen LogP contribution >= 0.6 is 0 Å². The molecule has 0 aromatic carbocycles. The first kappa shape index (κ1) is 16.7. The van der Waals surface area contributed by atoms with Crippen LogP contribution in [0.5, 0.6) is 0 Å². The molecule has 0 aliphatic heterocycles. The molecule has 26 heavy (non-hydrogen) atoms. The van der Waals surface area contributed by atoms with Crippen molar-refractivity contribution in [3.63, 3.8) is 0 Å². The lowest BCUT2D eigenvalue weighted by Gasteiger charge is -2.24. The number of aryl methyl sites for hydroxylation is 1. The number of pyridine rings is 2. The van der Waals surface area contributed by atoms with E-state index in [1.807, 2.05) is 41.2 Å². The van der Waals surface area contributed by atoms with E-state index >= 15 is 0 Å². The zero-order valence-electron chi connectivity index (χ0n) is 15.9. The summed E-state index contributed by atoms with van der Waals surface area (Å²) in [6, 6.07) is 4.26. The monoisotopic (exact) mass is 348 g/mol. The van der Waals surface area contributed by atoms with Crippen LogP contribution in [-0.4, -0.2) is 29.5 Å². The van der Waals surface area contributed by atoms with Gasteiger partial charge in [-0.1, -0.05) is 27.7 Å². The third-order valence-corrected chi connectivity index (χ3v) is 4.88. The van der Waals surface area contributed by atoms with Crippen LogP contribution in [0, 0.1) is 0 Å². The van der Waals surface area contributed by atoms with Gasteiger partial charge in [0.1, 0.15) is 5.52 Å². The maximum Gasteiger partial charge on any atom is 0.111 e. The molecule has 134 valence electrons. The van der Waals surface area contributed by atoms with Crippen molar-refractivity contribution in [1.82, 2.24) is 29.5 Å². The van der Waals surface area contributed by atoms with Gasteiger partial charge < -0.3 is 0 Å². The van der Waals surface area contributed by atoms with Gasteiger partial charge >= 0.3 is 0 Å². The SMILES string of the molecule is CC(C)c1cc2cnn(CC(C)(C)c3cc4cn(C)nc4cn3)c2cn1. The molecular formula is C20H24N6. The van der Waals surface area contributed by atoms with Crippen molar-refractivity contribution in [1.29, 1.82) is 0 Å². The average molecular weight is 348 g/mol.